The van der Waals surface area contributed by atoms with Gasteiger partial charge in [-0.1, -0.05) is 6.92 Å². The number of nitrogens with zero attached hydrogens (tertiary/aromatic N) is 1. The SMILES string of the molecule is CCCOc1ccc(N(CC(=O)Nc2ccc3c(c2)OCO3)S(C)(=O)=O)cc1. The number of nitrogens with one attached hydrogen (secondary N) is 1. The Balaban J connectivity index is 1.71. The molecule has 0 bridgehead atoms. The van der Waals surface area contributed by atoms with E-state index in [4.69, 9.17) is 14.2 Å². The van der Waals surface area contributed by atoms with Crippen molar-refractivity contribution in [3.05, 3.63) is 42.5 Å². The molecule has 1 heterocycles. The highest BCUT2D eigenvalue weighted by molar-refractivity contribution is 7.92. The molecule has 0 radical (unpaired) electrons. The van der Waals surface area contributed by atoms with E-state index >= 15 is 0 Å². The summed E-state index contributed by atoms with van der Waals surface area (Å²) < 4.78 is 41.5. The van der Waals surface area contributed by atoms with Crippen molar-refractivity contribution < 1.29 is 27.4 Å². The summed E-state index contributed by atoms with van der Waals surface area (Å²) in [6.45, 7) is 2.35. The number of benzene rings is 2. The molecule has 0 aromatic heterocycles. The fourth-order valence-corrected chi connectivity index (χ4v) is 3.49. The first-order valence-electron chi connectivity index (χ1n) is 8.77. The summed E-state index contributed by atoms with van der Waals surface area (Å²) in [7, 11) is -3.66. The van der Waals surface area contributed by atoms with Crippen molar-refractivity contribution in [1.82, 2.24) is 0 Å². The number of ether oxygens (including phenoxy) is 3. The van der Waals surface area contributed by atoms with Gasteiger partial charge >= 0.3 is 0 Å². The predicted octanol–water partition coefficient (Wildman–Crippen LogP) is 2.61. The Bertz CT molecular complexity index is 943. The summed E-state index contributed by atoms with van der Waals surface area (Å²) >= 11 is 0. The zero-order valence-corrected chi connectivity index (χ0v) is 16.5. The van der Waals surface area contributed by atoms with E-state index in [1.165, 1.54) is 0 Å². The van der Waals surface area contributed by atoms with Crippen molar-refractivity contribution in [2.75, 3.05) is 35.8 Å². The molecule has 0 unspecified atom stereocenters. The zero-order chi connectivity index (χ0) is 20.1. The van der Waals surface area contributed by atoms with Crippen molar-refractivity contribution >= 4 is 27.3 Å². The van der Waals surface area contributed by atoms with Crippen LogP contribution in [-0.4, -0.2) is 40.5 Å². The lowest BCUT2D eigenvalue weighted by Crippen LogP contribution is -2.37. The van der Waals surface area contributed by atoms with E-state index in [0.29, 0.717) is 35.2 Å². The van der Waals surface area contributed by atoms with Gasteiger partial charge in [-0.2, -0.15) is 0 Å². The van der Waals surface area contributed by atoms with Gasteiger partial charge in [0.25, 0.3) is 0 Å². The van der Waals surface area contributed by atoms with Gasteiger partial charge in [-0.25, -0.2) is 8.42 Å². The van der Waals surface area contributed by atoms with Crippen LogP contribution in [0.5, 0.6) is 17.2 Å². The summed E-state index contributed by atoms with van der Waals surface area (Å²) in [6, 6.07) is 11.6. The smallest absolute Gasteiger partial charge is 0.245 e. The number of rotatable bonds is 8. The number of sulfonamides is 1. The van der Waals surface area contributed by atoms with E-state index in [2.05, 4.69) is 5.32 Å². The van der Waals surface area contributed by atoms with Crippen LogP contribution in [0.1, 0.15) is 13.3 Å². The van der Waals surface area contributed by atoms with Crippen LogP contribution in [0.4, 0.5) is 11.4 Å². The topological polar surface area (TPSA) is 94.2 Å². The second kappa shape index (κ2) is 8.39. The summed E-state index contributed by atoms with van der Waals surface area (Å²) in [5.41, 5.74) is 0.873. The first-order valence-corrected chi connectivity index (χ1v) is 10.6. The third kappa shape index (κ3) is 4.86. The average molecular weight is 406 g/mol. The Kier molecular flexibility index (Phi) is 5.93. The second-order valence-electron chi connectivity index (χ2n) is 6.23. The van der Waals surface area contributed by atoms with Crippen LogP contribution >= 0.6 is 0 Å². The van der Waals surface area contributed by atoms with Crippen LogP contribution in [-0.2, 0) is 14.8 Å². The highest BCUT2D eigenvalue weighted by Crippen LogP contribution is 2.34. The zero-order valence-electron chi connectivity index (χ0n) is 15.7. The second-order valence-corrected chi connectivity index (χ2v) is 8.14. The third-order valence-electron chi connectivity index (χ3n) is 3.94. The Labute approximate surface area is 164 Å². The normalized spacial score (nSPS) is 12.5. The predicted molar refractivity (Wildman–Crippen MR) is 106 cm³/mol. The lowest BCUT2D eigenvalue weighted by atomic mass is 10.2. The number of anilines is 2. The van der Waals surface area contributed by atoms with E-state index < -0.39 is 15.9 Å². The van der Waals surface area contributed by atoms with Crippen molar-refractivity contribution in [2.45, 2.75) is 13.3 Å². The van der Waals surface area contributed by atoms with Crippen LogP contribution in [0.15, 0.2) is 42.5 Å². The summed E-state index contributed by atoms with van der Waals surface area (Å²) in [4.78, 5) is 12.4. The van der Waals surface area contributed by atoms with Gasteiger partial charge in [-0.15, -0.1) is 0 Å². The minimum atomic E-state index is -3.66. The highest BCUT2D eigenvalue weighted by atomic mass is 32.2. The van der Waals surface area contributed by atoms with Gasteiger partial charge in [0.2, 0.25) is 22.7 Å². The molecule has 2 aromatic rings. The van der Waals surface area contributed by atoms with Gasteiger partial charge in [-0.3, -0.25) is 9.10 Å². The molecule has 0 saturated heterocycles. The van der Waals surface area contributed by atoms with E-state index in [-0.39, 0.29) is 13.3 Å². The number of carbonyl (C=O) groups excluding carboxylic acids is 1. The molecule has 2 aromatic carbocycles. The molecule has 3 rings (SSSR count). The van der Waals surface area contributed by atoms with Gasteiger partial charge in [0.15, 0.2) is 11.5 Å². The number of hydrogen-bond donors (Lipinski definition) is 1. The molecular weight excluding hydrogens is 384 g/mol. The van der Waals surface area contributed by atoms with Crippen LogP contribution in [0.2, 0.25) is 0 Å². The van der Waals surface area contributed by atoms with Crippen molar-refractivity contribution in [1.29, 1.82) is 0 Å². The first kappa shape index (κ1) is 19.8. The minimum Gasteiger partial charge on any atom is -0.494 e. The molecule has 0 atom stereocenters. The Morgan fingerprint density at radius 1 is 1.14 bits per heavy atom. The number of amides is 1. The van der Waals surface area contributed by atoms with Gasteiger partial charge in [0.1, 0.15) is 12.3 Å². The van der Waals surface area contributed by atoms with E-state index in [9.17, 15) is 13.2 Å². The van der Waals surface area contributed by atoms with Crippen molar-refractivity contribution in [2.24, 2.45) is 0 Å². The monoisotopic (exact) mass is 406 g/mol. The van der Waals surface area contributed by atoms with Crippen LogP contribution < -0.4 is 23.8 Å². The molecule has 150 valence electrons. The summed E-state index contributed by atoms with van der Waals surface area (Å²) in [6.07, 6.45) is 1.93. The van der Waals surface area contributed by atoms with Gasteiger partial charge in [0, 0.05) is 11.8 Å². The maximum Gasteiger partial charge on any atom is 0.245 e. The molecule has 0 aliphatic carbocycles. The Morgan fingerprint density at radius 2 is 1.86 bits per heavy atom. The molecule has 0 saturated carbocycles. The summed E-state index contributed by atoms with van der Waals surface area (Å²) in [5, 5.41) is 2.68. The molecule has 8 nitrogen and oxygen atoms in total. The molecule has 1 N–H and O–H groups in total. The first-order chi connectivity index (χ1) is 13.4. The number of carbonyl (C=O) groups is 1. The molecule has 1 amide bonds. The van der Waals surface area contributed by atoms with E-state index in [0.717, 1.165) is 17.0 Å². The van der Waals surface area contributed by atoms with E-state index in [1.54, 1.807) is 42.5 Å². The quantitative estimate of drug-likeness (QED) is 0.724. The Hall–Kier alpha value is -2.94. The van der Waals surface area contributed by atoms with Crippen molar-refractivity contribution in [3.63, 3.8) is 0 Å². The molecule has 28 heavy (non-hydrogen) atoms. The lowest BCUT2D eigenvalue weighted by Gasteiger charge is -2.22. The maximum atomic E-state index is 12.4. The standard InChI is InChI=1S/C19H22N2O6S/c1-3-10-25-16-7-5-15(6-8-16)21(28(2,23)24)12-19(22)20-14-4-9-17-18(11-14)27-13-26-17/h4-9,11H,3,10,12-13H2,1-2H3,(H,20,22). The molecule has 0 fully saturated rings. The van der Waals surface area contributed by atoms with Gasteiger partial charge in [-0.05, 0) is 42.8 Å². The number of fused-ring (bicyclic) bond motifs is 1. The van der Waals surface area contributed by atoms with Crippen LogP contribution in [0.25, 0.3) is 0 Å². The Morgan fingerprint density at radius 3 is 2.54 bits per heavy atom. The highest BCUT2D eigenvalue weighted by Gasteiger charge is 2.21. The summed E-state index contributed by atoms with van der Waals surface area (Å²) in [5.74, 6) is 1.29. The minimum absolute atomic E-state index is 0.132. The third-order valence-corrected chi connectivity index (χ3v) is 5.08. The van der Waals surface area contributed by atoms with Gasteiger partial charge in [0.05, 0.1) is 18.6 Å². The maximum absolute atomic E-state index is 12.4. The fourth-order valence-electron chi connectivity index (χ4n) is 2.63. The van der Waals surface area contributed by atoms with Crippen LogP contribution in [0, 0.1) is 0 Å². The van der Waals surface area contributed by atoms with E-state index in [1.807, 2.05) is 6.92 Å². The van der Waals surface area contributed by atoms with Crippen molar-refractivity contribution in [3.8, 4) is 17.2 Å². The largest absolute Gasteiger partial charge is 0.494 e. The molecule has 1 aliphatic heterocycles. The fraction of sp³-hybridized carbons (Fsp3) is 0.316. The van der Waals surface area contributed by atoms with Gasteiger partial charge < -0.3 is 19.5 Å². The molecule has 1 aliphatic rings. The average Bonchev–Trinajstić information content (AvgIpc) is 3.12. The number of hydrogen-bond acceptors (Lipinski definition) is 6. The molecule has 0 spiro atoms. The van der Waals surface area contributed by atoms with Crippen LogP contribution in [0.3, 0.4) is 0 Å². The molecule has 9 heteroatoms. The lowest BCUT2D eigenvalue weighted by molar-refractivity contribution is -0.114. The molecular formula is C19H22N2O6S.